The number of amides is 1. The Kier molecular flexibility index (Phi) is 15.1. The highest BCUT2D eigenvalue weighted by molar-refractivity contribution is 8.02. The topological polar surface area (TPSA) is 50.8 Å². The number of anilines is 1. The maximum atomic E-state index is 12.5. The minimum atomic E-state index is -0.228. The zero-order valence-corrected chi connectivity index (χ0v) is 25.0. The van der Waals surface area contributed by atoms with E-state index < -0.39 is 0 Å². The molecule has 0 fully saturated rings. The number of nitrogens with zero attached hydrogens (tertiary/aromatic N) is 1. The standard InChI is InChI=1S/C32H45ClN2O3S/c1-2-3-4-5-6-7-8-9-10-11-12-13-22-37-32-29(33)15-14-16-30(32)38-25-31(36)34-28-19-17-27(18-20-28)24-35-21-23-39-26-35/h14-21,23H,2-13,22,24-26H2,1H3,(H,34,36). The fraction of sp³-hybridized carbons (Fsp3) is 0.531. The largest absolute Gasteiger partial charge is 0.488 e. The van der Waals surface area contributed by atoms with Gasteiger partial charge in [0.1, 0.15) is 0 Å². The van der Waals surface area contributed by atoms with E-state index in [1.807, 2.05) is 24.3 Å². The molecule has 1 aliphatic rings. The molecule has 1 amide bonds. The van der Waals surface area contributed by atoms with Crippen molar-refractivity contribution in [1.29, 1.82) is 0 Å². The molecule has 0 saturated carbocycles. The lowest BCUT2D eigenvalue weighted by molar-refractivity contribution is -0.118. The van der Waals surface area contributed by atoms with E-state index in [1.165, 1.54) is 69.8 Å². The van der Waals surface area contributed by atoms with Crippen LogP contribution in [0.15, 0.2) is 54.1 Å². The number of carbonyl (C=O) groups is 1. The third-order valence-electron chi connectivity index (χ3n) is 6.77. The van der Waals surface area contributed by atoms with Gasteiger partial charge in [0.05, 0.1) is 17.5 Å². The van der Waals surface area contributed by atoms with E-state index >= 15 is 0 Å². The molecular weight excluding hydrogens is 528 g/mol. The molecule has 0 aliphatic carbocycles. The number of hydrogen-bond donors (Lipinski definition) is 1. The van der Waals surface area contributed by atoms with Crippen LogP contribution in [0.2, 0.25) is 5.02 Å². The van der Waals surface area contributed by atoms with Crippen LogP contribution >= 0.6 is 23.4 Å². The van der Waals surface area contributed by atoms with Crippen molar-refractivity contribution >= 4 is 35.0 Å². The van der Waals surface area contributed by atoms with Crippen molar-refractivity contribution < 1.29 is 14.3 Å². The summed E-state index contributed by atoms with van der Waals surface area (Å²) in [6.45, 7) is 3.59. The van der Waals surface area contributed by atoms with Gasteiger partial charge in [-0.3, -0.25) is 4.79 Å². The Balaban J connectivity index is 1.30. The van der Waals surface area contributed by atoms with Crippen LogP contribution in [-0.4, -0.2) is 29.9 Å². The lowest BCUT2D eigenvalue weighted by Crippen LogP contribution is -2.20. The molecule has 1 N–H and O–H groups in total. The van der Waals surface area contributed by atoms with Crippen molar-refractivity contribution in [3.8, 4) is 11.5 Å². The Labute approximate surface area is 244 Å². The highest BCUT2D eigenvalue weighted by atomic mass is 35.5. The number of thioether (sulfide) groups is 1. The summed E-state index contributed by atoms with van der Waals surface area (Å²) in [5, 5.41) is 5.49. The summed E-state index contributed by atoms with van der Waals surface area (Å²) in [6, 6.07) is 13.3. The lowest BCUT2D eigenvalue weighted by atomic mass is 10.1. The van der Waals surface area contributed by atoms with E-state index in [4.69, 9.17) is 21.1 Å². The predicted octanol–water partition coefficient (Wildman–Crippen LogP) is 9.41. The molecule has 1 aliphatic heterocycles. The molecule has 0 unspecified atom stereocenters. The zero-order chi connectivity index (χ0) is 27.5. The maximum absolute atomic E-state index is 12.5. The number of nitrogens with one attached hydrogen (secondary N) is 1. The third kappa shape index (κ3) is 12.6. The second-order valence-electron chi connectivity index (χ2n) is 10.2. The number of halogens is 1. The molecule has 0 atom stereocenters. The van der Waals surface area contributed by atoms with Crippen LogP contribution in [0.25, 0.3) is 0 Å². The number of benzene rings is 2. The van der Waals surface area contributed by atoms with E-state index in [0.717, 1.165) is 31.0 Å². The SMILES string of the molecule is CCCCCCCCCCCCCCOc1c(Cl)cccc1OCC(=O)Nc1ccc(CN2C=CSC2)cc1. The maximum Gasteiger partial charge on any atom is 0.262 e. The van der Waals surface area contributed by atoms with Crippen molar-refractivity contribution in [3.05, 3.63) is 64.7 Å². The first-order valence-electron chi connectivity index (χ1n) is 14.6. The summed E-state index contributed by atoms with van der Waals surface area (Å²) in [6.07, 6.45) is 17.7. The highest BCUT2D eigenvalue weighted by Gasteiger charge is 2.12. The summed E-state index contributed by atoms with van der Waals surface area (Å²) >= 11 is 8.17. The quantitative estimate of drug-likeness (QED) is 0.160. The van der Waals surface area contributed by atoms with Crippen molar-refractivity contribution in [2.45, 2.75) is 90.5 Å². The normalized spacial score (nSPS) is 12.6. The van der Waals surface area contributed by atoms with Crippen molar-refractivity contribution in [2.75, 3.05) is 24.4 Å². The van der Waals surface area contributed by atoms with Gasteiger partial charge in [-0.25, -0.2) is 0 Å². The molecule has 0 spiro atoms. The van der Waals surface area contributed by atoms with Gasteiger partial charge in [-0.05, 0) is 41.7 Å². The number of carbonyl (C=O) groups excluding carboxylic acids is 1. The number of hydrogen-bond acceptors (Lipinski definition) is 5. The minimum Gasteiger partial charge on any atom is -0.488 e. The van der Waals surface area contributed by atoms with Gasteiger partial charge in [0.2, 0.25) is 0 Å². The summed E-state index contributed by atoms with van der Waals surface area (Å²) in [4.78, 5) is 14.7. The highest BCUT2D eigenvalue weighted by Crippen LogP contribution is 2.35. The van der Waals surface area contributed by atoms with Gasteiger partial charge < -0.3 is 19.7 Å². The second-order valence-corrected chi connectivity index (χ2v) is 11.4. The molecule has 0 bridgehead atoms. The molecule has 7 heteroatoms. The molecule has 5 nitrogen and oxygen atoms in total. The van der Waals surface area contributed by atoms with Gasteiger partial charge in [0, 0.05) is 18.4 Å². The van der Waals surface area contributed by atoms with E-state index in [-0.39, 0.29) is 12.5 Å². The molecule has 2 aromatic carbocycles. The second kappa shape index (κ2) is 18.9. The van der Waals surface area contributed by atoms with Crippen LogP contribution < -0.4 is 14.8 Å². The van der Waals surface area contributed by atoms with Gasteiger partial charge in [-0.15, -0.1) is 11.8 Å². The fourth-order valence-electron chi connectivity index (χ4n) is 4.54. The van der Waals surface area contributed by atoms with Gasteiger partial charge in [0.15, 0.2) is 18.1 Å². The van der Waals surface area contributed by atoms with Gasteiger partial charge in [-0.2, -0.15) is 0 Å². The first-order valence-corrected chi connectivity index (χ1v) is 16.0. The van der Waals surface area contributed by atoms with E-state index in [1.54, 1.807) is 30.0 Å². The number of rotatable bonds is 20. The van der Waals surface area contributed by atoms with Crippen LogP contribution in [0.4, 0.5) is 5.69 Å². The molecule has 0 radical (unpaired) electrons. The molecule has 214 valence electrons. The molecular formula is C32H45ClN2O3S. The summed E-state index contributed by atoms with van der Waals surface area (Å²) < 4.78 is 11.8. The summed E-state index contributed by atoms with van der Waals surface area (Å²) in [7, 11) is 0. The predicted molar refractivity (Wildman–Crippen MR) is 166 cm³/mol. The molecule has 2 aromatic rings. The van der Waals surface area contributed by atoms with Crippen LogP contribution in [0.1, 0.15) is 89.5 Å². The minimum absolute atomic E-state index is 0.118. The van der Waals surface area contributed by atoms with Crippen LogP contribution in [0.3, 0.4) is 0 Å². The Morgan fingerprint density at radius 3 is 2.21 bits per heavy atom. The molecule has 0 saturated heterocycles. The van der Waals surface area contributed by atoms with Crippen molar-refractivity contribution in [2.24, 2.45) is 0 Å². The van der Waals surface area contributed by atoms with Gasteiger partial charge >= 0.3 is 0 Å². The van der Waals surface area contributed by atoms with Crippen molar-refractivity contribution in [3.63, 3.8) is 0 Å². The lowest BCUT2D eigenvalue weighted by Gasteiger charge is -2.15. The Morgan fingerprint density at radius 1 is 0.897 bits per heavy atom. The van der Waals surface area contributed by atoms with E-state index in [9.17, 15) is 4.79 Å². The van der Waals surface area contributed by atoms with Crippen LogP contribution in [-0.2, 0) is 11.3 Å². The molecule has 3 rings (SSSR count). The Morgan fingerprint density at radius 2 is 1.56 bits per heavy atom. The zero-order valence-electron chi connectivity index (χ0n) is 23.5. The number of ether oxygens (including phenoxy) is 2. The van der Waals surface area contributed by atoms with Crippen molar-refractivity contribution in [1.82, 2.24) is 4.90 Å². The first-order chi connectivity index (χ1) is 19.2. The monoisotopic (exact) mass is 572 g/mol. The number of para-hydroxylation sites is 1. The van der Waals surface area contributed by atoms with E-state index in [2.05, 4.69) is 28.7 Å². The summed E-state index contributed by atoms with van der Waals surface area (Å²) in [5.41, 5.74) is 1.94. The molecule has 1 heterocycles. The van der Waals surface area contributed by atoms with Gasteiger partial charge in [-0.1, -0.05) is 107 Å². The molecule has 0 aromatic heterocycles. The van der Waals surface area contributed by atoms with Gasteiger partial charge in [0.25, 0.3) is 5.91 Å². The average molecular weight is 573 g/mol. The third-order valence-corrected chi connectivity index (χ3v) is 7.86. The van der Waals surface area contributed by atoms with Crippen LogP contribution in [0.5, 0.6) is 11.5 Å². The van der Waals surface area contributed by atoms with E-state index in [0.29, 0.717) is 23.1 Å². The Hall–Kier alpha value is -2.31. The first kappa shape index (κ1) is 31.2. The fourth-order valence-corrected chi connectivity index (χ4v) is 5.47. The summed E-state index contributed by atoms with van der Waals surface area (Å²) in [5.74, 6) is 1.75. The molecule has 39 heavy (non-hydrogen) atoms. The number of unbranched alkanes of at least 4 members (excludes halogenated alkanes) is 11. The van der Waals surface area contributed by atoms with Crippen LogP contribution in [0, 0.1) is 0 Å². The smallest absolute Gasteiger partial charge is 0.262 e. The Bertz CT molecular complexity index is 999. The average Bonchev–Trinajstić information content (AvgIpc) is 3.45.